The number of rotatable bonds is 5. The lowest BCUT2D eigenvalue weighted by molar-refractivity contribution is 0.193. The molecule has 128 valence electrons. The Morgan fingerprint density at radius 2 is 2.12 bits per heavy atom. The third-order valence-corrected chi connectivity index (χ3v) is 4.29. The van der Waals surface area contributed by atoms with Gasteiger partial charge < -0.3 is 15.8 Å². The minimum atomic E-state index is 0.293. The second kappa shape index (κ2) is 6.90. The molecule has 3 heterocycles. The lowest BCUT2D eigenvalue weighted by Gasteiger charge is -2.11. The number of ether oxygens (including phenoxy) is 1. The van der Waals surface area contributed by atoms with E-state index < -0.39 is 0 Å². The minimum absolute atomic E-state index is 0.293. The van der Waals surface area contributed by atoms with Gasteiger partial charge in [0, 0.05) is 37.5 Å². The molecule has 1 atom stereocenters. The summed E-state index contributed by atoms with van der Waals surface area (Å²) in [7, 11) is 0. The number of nitrogens with one attached hydrogen (secondary N) is 1. The van der Waals surface area contributed by atoms with Gasteiger partial charge in [0.15, 0.2) is 0 Å². The summed E-state index contributed by atoms with van der Waals surface area (Å²) in [5, 5.41) is 7.55. The first kappa shape index (κ1) is 15.6. The Labute approximate surface area is 145 Å². The number of nitrogens with two attached hydrogens (primary N) is 1. The Morgan fingerprint density at radius 1 is 1.24 bits per heavy atom. The zero-order chi connectivity index (χ0) is 17.1. The third kappa shape index (κ3) is 3.61. The maximum Gasteiger partial charge on any atom is 0.222 e. The van der Waals surface area contributed by atoms with Gasteiger partial charge in [-0.05, 0) is 30.2 Å². The normalized spacial score (nSPS) is 16.9. The van der Waals surface area contributed by atoms with Gasteiger partial charge in [0.25, 0.3) is 0 Å². The van der Waals surface area contributed by atoms with Gasteiger partial charge in [-0.1, -0.05) is 12.1 Å². The van der Waals surface area contributed by atoms with Gasteiger partial charge in [0.2, 0.25) is 5.95 Å². The summed E-state index contributed by atoms with van der Waals surface area (Å²) in [5.74, 6) is 1.34. The summed E-state index contributed by atoms with van der Waals surface area (Å²) in [6.07, 6.45) is 4.66. The Bertz CT molecular complexity index is 825. The molecule has 3 aromatic rings. The van der Waals surface area contributed by atoms with Crippen LogP contribution in [0.2, 0.25) is 0 Å². The summed E-state index contributed by atoms with van der Waals surface area (Å²) in [6.45, 7) is 2.14. The quantitative estimate of drug-likeness (QED) is 0.743. The van der Waals surface area contributed by atoms with E-state index in [2.05, 4.69) is 32.5 Å². The Balaban J connectivity index is 1.44. The Kier molecular flexibility index (Phi) is 4.30. The Hall–Kier alpha value is -2.93. The van der Waals surface area contributed by atoms with Crippen LogP contribution in [0.5, 0.6) is 0 Å². The molecule has 25 heavy (non-hydrogen) atoms. The van der Waals surface area contributed by atoms with E-state index in [1.165, 1.54) is 0 Å². The number of aromatic nitrogens is 4. The van der Waals surface area contributed by atoms with Crippen molar-refractivity contribution >= 4 is 11.8 Å². The lowest BCUT2D eigenvalue weighted by atomic mass is 10.0. The molecule has 0 aliphatic carbocycles. The monoisotopic (exact) mass is 336 g/mol. The first-order chi connectivity index (χ1) is 12.3. The molecule has 2 aromatic heterocycles. The van der Waals surface area contributed by atoms with Crippen molar-refractivity contribution in [2.45, 2.75) is 18.9 Å². The van der Waals surface area contributed by atoms with E-state index in [0.29, 0.717) is 25.0 Å². The minimum Gasteiger partial charge on any atom is -0.381 e. The highest BCUT2D eigenvalue weighted by Gasteiger charge is 2.20. The highest BCUT2D eigenvalue weighted by molar-refractivity contribution is 5.43. The molecule has 1 aliphatic rings. The van der Waals surface area contributed by atoms with Crippen molar-refractivity contribution in [1.29, 1.82) is 0 Å². The van der Waals surface area contributed by atoms with Crippen molar-refractivity contribution in [3.63, 3.8) is 0 Å². The maximum absolute atomic E-state index is 5.86. The number of benzene rings is 1. The van der Waals surface area contributed by atoms with E-state index >= 15 is 0 Å². The van der Waals surface area contributed by atoms with Crippen molar-refractivity contribution in [2.75, 3.05) is 24.3 Å². The van der Waals surface area contributed by atoms with E-state index in [0.717, 1.165) is 35.8 Å². The van der Waals surface area contributed by atoms with E-state index in [-0.39, 0.29) is 0 Å². The molecule has 7 heteroatoms. The fraction of sp³-hybridized carbons (Fsp3) is 0.278. The second-order valence-corrected chi connectivity index (χ2v) is 6.07. The van der Waals surface area contributed by atoms with Gasteiger partial charge in [-0.3, -0.25) is 0 Å². The predicted octanol–water partition coefficient (Wildman–Crippen LogP) is 2.36. The highest BCUT2D eigenvalue weighted by atomic mass is 16.5. The smallest absolute Gasteiger partial charge is 0.222 e. The first-order valence-corrected chi connectivity index (χ1v) is 8.33. The average molecular weight is 336 g/mol. The molecule has 7 nitrogen and oxygen atoms in total. The fourth-order valence-electron chi connectivity index (χ4n) is 2.93. The van der Waals surface area contributed by atoms with Gasteiger partial charge in [-0.15, -0.1) is 0 Å². The molecular weight excluding hydrogens is 316 g/mol. The molecule has 1 aromatic carbocycles. The SMILES string of the molecule is Nc1nc(NCc2ccc(-n3cccn3)cc2)cc([C@@H]2CCOC2)n1. The van der Waals surface area contributed by atoms with Crippen LogP contribution in [0.4, 0.5) is 11.8 Å². The van der Waals surface area contributed by atoms with Crippen molar-refractivity contribution in [2.24, 2.45) is 0 Å². The van der Waals surface area contributed by atoms with Crippen molar-refractivity contribution in [1.82, 2.24) is 19.7 Å². The van der Waals surface area contributed by atoms with E-state index in [4.69, 9.17) is 10.5 Å². The summed E-state index contributed by atoms with van der Waals surface area (Å²) < 4.78 is 7.27. The average Bonchev–Trinajstić information content (AvgIpc) is 3.33. The van der Waals surface area contributed by atoms with Crippen LogP contribution < -0.4 is 11.1 Å². The molecule has 1 saturated heterocycles. The molecule has 0 saturated carbocycles. The van der Waals surface area contributed by atoms with Crippen LogP contribution in [-0.4, -0.2) is 33.0 Å². The van der Waals surface area contributed by atoms with Crippen LogP contribution in [0, 0.1) is 0 Å². The molecule has 1 fully saturated rings. The molecular formula is C18H20N6O. The van der Waals surface area contributed by atoms with Gasteiger partial charge in [0.05, 0.1) is 18.0 Å². The van der Waals surface area contributed by atoms with Crippen LogP contribution in [-0.2, 0) is 11.3 Å². The van der Waals surface area contributed by atoms with Crippen LogP contribution >= 0.6 is 0 Å². The zero-order valence-electron chi connectivity index (χ0n) is 13.8. The molecule has 0 bridgehead atoms. The van der Waals surface area contributed by atoms with E-state index in [1.54, 1.807) is 6.20 Å². The number of hydrogen-bond acceptors (Lipinski definition) is 6. The molecule has 3 N–H and O–H groups in total. The number of hydrogen-bond donors (Lipinski definition) is 2. The third-order valence-electron chi connectivity index (χ3n) is 4.29. The topological polar surface area (TPSA) is 90.9 Å². The molecule has 1 aliphatic heterocycles. The van der Waals surface area contributed by atoms with Crippen LogP contribution in [0.3, 0.4) is 0 Å². The summed E-state index contributed by atoms with van der Waals surface area (Å²) in [6, 6.07) is 12.1. The highest BCUT2D eigenvalue weighted by Crippen LogP contribution is 2.25. The molecule has 0 unspecified atom stereocenters. The second-order valence-electron chi connectivity index (χ2n) is 6.07. The predicted molar refractivity (Wildman–Crippen MR) is 95.5 cm³/mol. The standard InChI is InChI=1S/C18H20N6O/c19-18-22-16(14-6-9-25-12-14)10-17(23-18)20-11-13-2-4-15(5-3-13)24-8-1-7-21-24/h1-5,7-8,10,14H,6,9,11-12H2,(H3,19,20,22,23)/t14-/m1/s1. The van der Waals surface area contributed by atoms with Gasteiger partial charge >= 0.3 is 0 Å². The summed E-state index contributed by atoms with van der Waals surface area (Å²) >= 11 is 0. The molecule has 0 amide bonds. The van der Waals surface area contributed by atoms with Gasteiger partial charge in [0.1, 0.15) is 5.82 Å². The number of nitrogens with zero attached hydrogens (tertiary/aromatic N) is 4. The maximum atomic E-state index is 5.86. The lowest BCUT2D eigenvalue weighted by Crippen LogP contribution is -2.09. The zero-order valence-corrected chi connectivity index (χ0v) is 13.8. The van der Waals surface area contributed by atoms with Crippen LogP contribution in [0.25, 0.3) is 5.69 Å². The molecule has 0 spiro atoms. The number of nitrogen functional groups attached to an aromatic ring is 1. The van der Waals surface area contributed by atoms with Gasteiger partial charge in [-0.2, -0.15) is 10.1 Å². The van der Waals surface area contributed by atoms with Crippen molar-refractivity contribution < 1.29 is 4.74 Å². The van der Waals surface area contributed by atoms with E-state index in [9.17, 15) is 0 Å². The van der Waals surface area contributed by atoms with Crippen molar-refractivity contribution in [3.8, 4) is 5.69 Å². The Morgan fingerprint density at radius 3 is 2.84 bits per heavy atom. The summed E-state index contributed by atoms with van der Waals surface area (Å²) in [5.41, 5.74) is 8.99. The van der Waals surface area contributed by atoms with Gasteiger partial charge in [-0.25, -0.2) is 9.67 Å². The fourth-order valence-corrected chi connectivity index (χ4v) is 2.93. The molecule has 0 radical (unpaired) electrons. The first-order valence-electron chi connectivity index (χ1n) is 8.33. The molecule has 4 rings (SSSR count). The van der Waals surface area contributed by atoms with Crippen LogP contribution in [0.15, 0.2) is 48.8 Å². The summed E-state index contributed by atoms with van der Waals surface area (Å²) in [4.78, 5) is 8.63. The largest absolute Gasteiger partial charge is 0.381 e. The van der Waals surface area contributed by atoms with Crippen molar-refractivity contribution in [3.05, 3.63) is 60.0 Å². The van der Waals surface area contributed by atoms with Crippen LogP contribution in [0.1, 0.15) is 23.6 Å². The van der Waals surface area contributed by atoms with E-state index in [1.807, 2.05) is 35.1 Å². The number of anilines is 2.